The number of hydrogen-bond acceptors (Lipinski definition) is 3. The van der Waals surface area contributed by atoms with E-state index in [1.165, 1.54) is 25.8 Å². The molecular formula is C10H22N2O. The Morgan fingerprint density at radius 2 is 2.23 bits per heavy atom. The van der Waals surface area contributed by atoms with Gasteiger partial charge in [-0.15, -0.1) is 0 Å². The van der Waals surface area contributed by atoms with Crippen molar-refractivity contribution in [1.29, 1.82) is 0 Å². The van der Waals surface area contributed by atoms with Crippen LogP contribution in [0.4, 0.5) is 0 Å². The lowest BCUT2D eigenvalue weighted by atomic mass is 9.88. The number of nitrogens with zero attached hydrogens (tertiary/aromatic N) is 1. The Labute approximate surface area is 81.2 Å². The molecule has 0 aromatic heterocycles. The van der Waals surface area contributed by atoms with E-state index in [1.807, 2.05) is 0 Å². The molecule has 78 valence electrons. The van der Waals surface area contributed by atoms with E-state index in [-0.39, 0.29) is 5.60 Å². The summed E-state index contributed by atoms with van der Waals surface area (Å²) in [7, 11) is 3.92. The number of likely N-dealkylation sites (N-methyl/N-ethyl adjacent to an activating group) is 1. The van der Waals surface area contributed by atoms with E-state index in [9.17, 15) is 0 Å². The molecule has 1 fully saturated rings. The molecule has 2 N–H and O–H groups in total. The van der Waals surface area contributed by atoms with Crippen molar-refractivity contribution in [1.82, 2.24) is 4.90 Å². The summed E-state index contributed by atoms with van der Waals surface area (Å²) in [5, 5.41) is 0. The minimum absolute atomic E-state index is 0.171. The largest absolute Gasteiger partial charge is 0.376 e. The standard InChI is InChI=1S/C10H22N2O/c1-10(8-11,13-3)9-6-4-5-7-12(9)2/h9H,4-8,11H2,1-3H3. The highest BCUT2D eigenvalue weighted by atomic mass is 16.5. The predicted molar refractivity (Wildman–Crippen MR) is 54.7 cm³/mol. The first-order valence-electron chi connectivity index (χ1n) is 5.09. The average Bonchev–Trinajstić information content (AvgIpc) is 2.17. The number of rotatable bonds is 3. The quantitative estimate of drug-likeness (QED) is 0.709. The second-order valence-corrected chi connectivity index (χ2v) is 4.21. The van der Waals surface area contributed by atoms with Crippen molar-refractivity contribution >= 4 is 0 Å². The summed E-state index contributed by atoms with van der Waals surface area (Å²) in [6.07, 6.45) is 3.81. The molecule has 1 aliphatic heterocycles. The molecule has 1 aliphatic rings. The highest BCUT2D eigenvalue weighted by molar-refractivity contribution is 4.92. The highest BCUT2D eigenvalue weighted by Crippen LogP contribution is 2.26. The van der Waals surface area contributed by atoms with Crippen molar-refractivity contribution in [3.8, 4) is 0 Å². The Morgan fingerprint density at radius 3 is 2.69 bits per heavy atom. The van der Waals surface area contributed by atoms with Crippen molar-refractivity contribution in [3.63, 3.8) is 0 Å². The fraction of sp³-hybridized carbons (Fsp3) is 1.00. The van der Waals surface area contributed by atoms with E-state index in [0.29, 0.717) is 12.6 Å². The maximum atomic E-state index is 5.76. The second-order valence-electron chi connectivity index (χ2n) is 4.21. The van der Waals surface area contributed by atoms with Gasteiger partial charge in [-0.3, -0.25) is 0 Å². The molecule has 0 amide bonds. The van der Waals surface area contributed by atoms with Crippen LogP contribution < -0.4 is 5.73 Å². The number of piperidine rings is 1. The Balaban J connectivity index is 2.65. The third-order valence-electron chi connectivity index (χ3n) is 3.35. The molecule has 0 saturated carbocycles. The van der Waals surface area contributed by atoms with Gasteiger partial charge in [0.1, 0.15) is 0 Å². The molecule has 3 nitrogen and oxygen atoms in total. The van der Waals surface area contributed by atoms with Crippen LogP contribution in [0.1, 0.15) is 26.2 Å². The van der Waals surface area contributed by atoms with E-state index in [1.54, 1.807) is 7.11 Å². The van der Waals surface area contributed by atoms with Gasteiger partial charge in [0.05, 0.1) is 5.60 Å². The molecule has 1 saturated heterocycles. The lowest BCUT2D eigenvalue weighted by Gasteiger charge is -2.43. The number of hydrogen-bond donors (Lipinski definition) is 1. The van der Waals surface area contributed by atoms with Crippen molar-refractivity contribution in [2.24, 2.45) is 5.73 Å². The molecular weight excluding hydrogens is 164 g/mol. The summed E-state index contributed by atoms with van der Waals surface area (Å²) in [4.78, 5) is 2.37. The second kappa shape index (κ2) is 4.40. The monoisotopic (exact) mass is 186 g/mol. The van der Waals surface area contributed by atoms with Crippen molar-refractivity contribution < 1.29 is 4.74 Å². The Hall–Kier alpha value is -0.120. The summed E-state index contributed by atoms with van der Waals surface area (Å²) in [6.45, 7) is 3.88. The first kappa shape index (κ1) is 11.0. The van der Waals surface area contributed by atoms with Crippen LogP contribution in [0.3, 0.4) is 0 Å². The van der Waals surface area contributed by atoms with Gasteiger partial charge in [0.25, 0.3) is 0 Å². The van der Waals surface area contributed by atoms with Gasteiger partial charge in [-0.05, 0) is 33.4 Å². The number of methoxy groups -OCH3 is 1. The van der Waals surface area contributed by atoms with Gasteiger partial charge < -0.3 is 15.4 Å². The maximum absolute atomic E-state index is 5.76. The average molecular weight is 186 g/mol. The smallest absolute Gasteiger partial charge is 0.0926 e. The lowest BCUT2D eigenvalue weighted by Crippen LogP contribution is -2.56. The van der Waals surface area contributed by atoms with Gasteiger partial charge in [0, 0.05) is 19.7 Å². The molecule has 0 radical (unpaired) electrons. The van der Waals surface area contributed by atoms with Gasteiger partial charge in [0.2, 0.25) is 0 Å². The maximum Gasteiger partial charge on any atom is 0.0926 e. The molecule has 0 aromatic carbocycles. The van der Waals surface area contributed by atoms with Crippen LogP contribution in [-0.2, 0) is 4.74 Å². The molecule has 1 rings (SSSR count). The van der Waals surface area contributed by atoms with E-state index in [0.717, 1.165) is 0 Å². The zero-order valence-corrected chi connectivity index (χ0v) is 9.05. The van der Waals surface area contributed by atoms with Crippen LogP contribution in [0.25, 0.3) is 0 Å². The highest BCUT2D eigenvalue weighted by Gasteiger charge is 2.36. The van der Waals surface area contributed by atoms with Crippen molar-refractivity contribution in [2.45, 2.75) is 37.8 Å². The fourth-order valence-corrected chi connectivity index (χ4v) is 2.20. The first-order chi connectivity index (χ1) is 6.14. The molecule has 3 heteroatoms. The molecule has 0 aliphatic carbocycles. The van der Waals surface area contributed by atoms with Gasteiger partial charge >= 0.3 is 0 Å². The molecule has 1 heterocycles. The number of ether oxygens (including phenoxy) is 1. The van der Waals surface area contributed by atoms with Crippen molar-refractivity contribution in [3.05, 3.63) is 0 Å². The van der Waals surface area contributed by atoms with Crippen LogP contribution in [0.15, 0.2) is 0 Å². The SMILES string of the molecule is COC(C)(CN)C1CCCCN1C. The van der Waals surface area contributed by atoms with Crippen LogP contribution in [0, 0.1) is 0 Å². The Morgan fingerprint density at radius 1 is 1.54 bits per heavy atom. The van der Waals surface area contributed by atoms with Gasteiger partial charge in [-0.2, -0.15) is 0 Å². The van der Waals surface area contributed by atoms with E-state index in [4.69, 9.17) is 10.5 Å². The fourth-order valence-electron chi connectivity index (χ4n) is 2.20. The number of nitrogens with two attached hydrogens (primary N) is 1. The summed E-state index contributed by atoms with van der Waals surface area (Å²) >= 11 is 0. The molecule has 0 aromatic rings. The van der Waals surface area contributed by atoms with Crippen molar-refractivity contribution in [2.75, 3.05) is 27.2 Å². The van der Waals surface area contributed by atoms with Crippen LogP contribution in [-0.4, -0.2) is 43.8 Å². The molecule has 2 atom stereocenters. The third-order valence-corrected chi connectivity index (χ3v) is 3.35. The summed E-state index contributed by atoms with van der Waals surface area (Å²) in [5.74, 6) is 0. The minimum Gasteiger partial charge on any atom is -0.376 e. The van der Waals surface area contributed by atoms with Crippen LogP contribution in [0.2, 0.25) is 0 Å². The van der Waals surface area contributed by atoms with Gasteiger partial charge in [-0.25, -0.2) is 0 Å². The molecule has 0 spiro atoms. The van der Waals surface area contributed by atoms with Crippen LogP contribution in [0.5, 0.6) is 0 Å². The topological polar surface area (TPSA) is 38.5 Å². The first-order valence-corrected chi connectivity index (χ1v) is 5.09. The van der Waals surface area contributed by atoms with Crippen LogP contribution >= 0.6 is 0 Å². The zero-order valence-electron chi connectivity index (χ0n) is 9.05. The summed E-state index contributed by atoms with van der Waals surface area (Å²) < 4.78 is 5.53. The van der Waals surface area contributed by atoms with E-state index >= 15 is 0 Å². The van der Waals surface area contributed by atoms with Gasteiger partial charge in [-0.1, -0.05) is 6.42 Å². The molecule has 2 unspecified atom stereocenters. The number of likely N-dealkylation sites (tertiary alicyclic amines) is 1. The Bertz CT molecular complexity index is 157. The molecule has 0 bridgehead atoms. The van der Waals surface area contributed by atoms with E-state index in [2.05, 4.69) is 18.9 Å². The third kappa shape index (κ3) is 2.22. The van der Waals surface area contributed by atoms with E-state index < -0.39 is 0 Å². The molecule has 13 heavy (non-hydrogen) atoms. The summed E-state index contributed by atoms with van der Waals surface area (Å²) in [6, 6.07) is 0.483. The summed E-state index contributed by atoms with van der Waals surface area (Å²) in [5.41, 5.74) is 5.59. The Kier molecular flexibility index (Phi) is 3.71. The zero-order chi connectivity index (χ0) is 9.90. The van der Waals surface area contributed by atoms with Gasteiger partial charge in [0.15, 0.2) is 0 Å². The lowest BCUT2D eigenvalue weighted by molar-refractivity contribution is -0.0646. The normalized spacial score (nSPS) is 30.0. The predicted octanol–water partition coefficient (Wildman–Crippen LogP) is 0.834. The minimum atomic E-state index is -0.171.